The molecule has 0 amide bonds. The summed E-state index contributed by atoms with van der Waals surface area (Å²) in [7, 11) is -1.58. The molecule has 3 heteroatoms. The summed E-state index contributed by atoms with van der Waals surface area (Å²) >= 11 is 0. The third-order valence-corrected chi connectivity index (χ3v) is 0. The molecule has 9 heavy (non-hydrogen) atoms. The van der Waals surface area contributed by atoms with Crippen molar-refractivity contribution in [3.8, 4) is 0 Å². The molecule has 0 radical (unpaired) electrons. The lowest BCUT2D eigenvalue weighted by molar-refractivity contribution is 0.448. The molecule has 0 bridgehead atoms. The second kappa shape index (κ2) is 48.7. The largest absolute Gasteiger partial charge is 0.415 e. The van der Waals surface area contributed by atoms with Crippen LogP contribution in [-0.2, 0) is 0 Å². The molecule has 56 valence electrons. The fourth-order valence-corrected chi connectivity index (χ4v) is 0. The van der Waals surface area contributed by atoms with Crippen LogP contribution in [0.15, 0.2) is 25.3 Å². The van der Waals surface area contributed by atoms with Crippen LogP contribution in [0.3, 0.4) is 0 Å². The fourth-order valence-electron chi connectivity index (χ4n) is 0. The Bertz CT molecular complexity index is 40.3. The van der Waals surface area contributed by atoms with E-state index in [1.54, 1.807) is 12.2 Å². The summed E-state index contributed by atoms with van der Waals surface area (Å²) in [6, 6.07) is 0. The Kier molecular flexibility index (Phi) is 85.7. The molecule has 0 aliphatic carbocycles. The van der Waals surface area contributed by atoms with Crippen molar-refractivity contribution in [2.75, 3.05) is 0 Å². The Morgan fingerprint density at radius 1 is 1.11 bits per heavy atom. The van der Waals surface area contributed by atoms with Gasteiger partial charge in [-0.25, -0.2) is 0 Å². The second-order valence-corrected chi connectivity index (χ2v) is 1.24. The van der Waals surface area contributed by atoms with Gasteiger partial charge in [-0.15, -0.1) is 13.2 Å². The lowest BCUT2D eigenvalue weighted by Gasteiger charge is -1.52. The van der Waals surface area contributed by atoms with E-state index in [1.165, 1.54) is 0 Å². The molecule has 0 aliphatic heterocycles. The minimum atomic E-state index is -1.58. The Hall–Kier alpha value is -0.383. The van der Waals surface area contributed by atoms with Crippen molar-refractivity contribution in [2.24, 2.45) is 0 Å². The molecule has 0 rings (SSSR count). The molecule has 0 spiro atoms. The zero-order valence-electron chi connectivity index (χ0n) is 6.17. The van der Waals surface area contributed by atoms with Crippen LogP contribution in [-0.4, -0.2) is 19.6 Å². The van der Waals surface area contributed by atoms with E-state index in [9.17, 15) is 0 Å². The third-order valence-electron chi connectivity index (χ3n) is 0. The van der Waals surface area contributed by atoms with Gasteiger partial charge in [-0.1, -0.05) is 12.2 Å². The Balaban J connectivity index is -0.0000000600. The van der Waals surface area contributed by atoms with Crippen LogP contribution in [0.2, 0.25) is 0 Å². The van der Waals surface area contributed by atoms with Crippen LogP contribution in [0.4, 0.5) is 0 Å². The van der Waals surface area contributed by atoms with Gasteiger partial charge in [0.25, 0.3) is 10.0 Å². The zero-order valence-corrected chi connectivity index (χ0v) is 7.58. The van der Waals surface area contributed by atoms with E-state index >= 15 is 0 Å². The first-order chi connectivity index (χ1) is 4.24. The van der Waals surface area contributed by atoms with Crippen LogP contribution in [0.1, 0.15) is 13.8 Å². The zero-order chi connectivity index (χ0) is 8.12. The molecule has 0 aromatic heterocycles. The van der Waals surface area contributed by atoms with E-state index in [2.05, 4.69) is 13.2 Å². The maximum absolute atomic E-state index is 7.26. The molecule has 0 unspecified atom stereocenters. The summed E-state index contributed by atoms with van der Waals surface area (Å²) < 4.78 is 0. The highest BCUT2D eigenvalue weighted by Gasteiger charge is 1.40. The van der Waals surface area contributed by atoms with E-state index in [0.29, 0.717) is 0 Å². The molecule has 0 saturated heterocycles. The predicted octanol–water partition coefficient (Wildman–Crippen LogP) is 0.354. The number of hydrogen-bond donors (Lipinski definition) is 2. The summed E-state index contributed by atoms with van der Waals surface area (Å²) in [5, 5.41) is 0. The smallest absolute Gasteiger partial charge is 0.299 e. The van der Waals surface area contributed by atoms with Gasteiger partial charge >= 0.3 is 0 Å². The predicted molar refractivity (Wildman–Crippen MR) is 44.7 cm³/mol. The van der Waals surface area contributed by atoms with E-state index < -0.39 is 10.0 Å². The standard InChI is InChI=1S/2C3H6.H4O2Si/c3*1-3-2/h2*3H,1H2,2H3;1-2H,3H2. The summed E-state index contributed by atoms with van der Waals surface area (Å²) in [6.45, 7) is 10.5. The Morgan fingerprint density at radius 3 is 1.11 bits per heavy atom. The molecule has 0 atom stereocenters. The topological polar surface area (TPSA) is 40.5 Å². The van der Waals surface area contributed by atoms with Gasteiger partial charge in [-0.2, -0.15) is 0 Å². The summed E-state index contributed by atoms with van der Waals surface area (Å²) in [4.78, 5) is 14.5. The van der Waals surface area contributed by atoms with E-state index in [1.807, 2.05) is 13.8 Å². The third kappa shape index (κ3) is 1640. The molecular weight excluding hydrogens is 132 g/mol. The Morgan fingerprint density at radius 2 is 1.11 bits per heavy atom. The van der Waals surface area contributed by atoms with Crippen molar-refractivity contribution < 1.29 is 9.59 Å². The van der Waals surface area contributed by atoms with Crippen LogP contribution in [0.25, 0.3) is 0 Å². The van der Waals surface area contributed by atoms with Crippen LogP contribution in [0, 0.1) is 0 Å². The van der Waals surface area contributed by atoms with Gasteiger partial charge in [0, 0.05) is 0 Å². The minimum absolute atomic E-state index is 1.58. The quantitative estimate of drug-likeness (QED) is 0.384. The molecule has 0 fully saturated rings. The molecule has 2 N–H and O–H groups in total. The maximum atomic E-state index is 7.26. The van der Waals surface area contributed by atoms with Crippen molar-refractivity contribution in [1.29, 1.82) is 0 Å². The summed E-state index contributed by atoms with van der Waals surface area (Å²) in [5.41, 5.74) is 0. The van der Waals surface area contributed by atoms with Gasteiger partial charge in [0.1, 0.15) is 0 Å². The molecule has 0 aromatic carbocycles. The van der Waals surface area contributed by atoms with Crippen LogP contribution >= 0.6 is 0 Å². The van der Waals surface area contributed by atoms with Crippen molar-refractivity contribution >= 4 is 10.0 Å². The average molecular weight is 148 g/mol. The SMILES string of the molecule is C=CC.C=CC.O[SiH2]O. The Labute approximate surface area is 59.6 Å². The second-order valence-electron chi connectivity index (χ2n) is 0.958. The van der Waals surface area contributed by atoms with Gasteiger partial charge in [0.15, 0.2) is 0 Å². The van der Waals surface area contributed by atoms with Crippen LogP contribution in [0.5, 0.6) is 0 Å². The first-order valence-corrected chi connectivity index (χ1v) is 3.87. The molecule has 0 saturated carbocycles. The average Bonchev–Trinajstić information content (AvgIpc) is 1.70. The number of allylic oxidation sites excluding steroid dienone is 2. The molecule has 0 aliphatic rings. The molecule has 2 nitrogen and oxygen atoms in total. The maximum Gasteiger partial charge on any atom is 0.299 e. The van der Waals surface area contributed by atoms with Gasteiger partial charge < -0.3 is 9.59 Å². The summed E-state index contributed by atoms with van der Waals surface area (Å²) in [6.07, 6.45) is 3.50. The normalized spacial score (nSPS) is 4.89. The minimum Gasteiger partial charge on any atom is -0.415 e. The lowest BCUT2D eigenvalue weighted by atomic mass is 10.8. The fraction of sp³-hybridized carbons (Fsp3) is 0.333. The van der Waals surface area contributed by atoms with Gasteiger partial charge in [-0.05, 0) is 13.8 Å². The van der Waals surface area contributed by atoms with Crippen LogP contribution < -0.4 is 0 Å². The number of hydrogen-bond acceptors (Lipinski definition) is 2. The van der Waals surface area contributed by atoms with Gasteiger partial charge in [0.2, 0.25) is 0 Å². The first-order valence-electron chi connectivity index (χ1n) is 2.60. The van der Waals surface area contributed by atoms with E-state index in [-0.39, 0.29) is 0 Å². The highest BCUT2D eigenvalue weighted by Crippen LogP contribution is 1.38. The summed E-state index contributed by atoms with van der Waals surface area (Å²) in [5.74, 6) is 0. The van der Waals surface area contributed by atoms with Gasteiger partial charge in [-0.3, -0.25) is 0 Å². The first kappa shape index (κ1) is 15.8. The van der Waals surface area contributed by atoms with Crippen molar-refractivity contribution in [3.63, 3.8) is 0 Å². The number of rotatable bonds is 0. The van der Waals surface area contributed by atoms with Crippen molar-refractivity contribution in [3.05, 3.63) is 25.3 Å². The van der Waals surface area contributed by atoms with Gasteiger partial charge in [0.05, 0.1) is 0 Å². The monoisotopic (exact) mass is 148 g/mol. The lowest BCUT2D eigenvalue weighted by Crippen LogP contribution is -1.75. The molecule has 0 heterocycles. The van der Waals surface area contributed by atoms with Crippen molar-refractivity contribution in [2.45, 2.75) is 13.8 Å². The molecular formula is C6H16O2Si. The van der Waals surface area contributed by atoms with Crippen molar-refractivity contribution in [1.82, 2.24) is 0 Å². The highest BCUT2D eigenvalue weighted by atomic mass is 28.2. The molecule has 0 aromatic rings. The van der Waals surface area contributed by atoms with E-state index in [0.717, 1.165) is 0 Å². The highest BCUT2D eigenvalue weighted by molar-refractivity contribution is 6.13. The van der Waals surface area contributed by atoms with E-state index in [4.69, 9.17) is 9.59 Å².